The molecule has 6 aromatic carbocycles. The van der Waals surface area contributed by atoms with Crippen LogP contribution in [-0.4, -0.2) is 21.7 Å². The van der Waals surface area contributed by atoms with E-state index in [-0.39, 0.29) is 27.1 Å². The van der Waals surface area contributed by atoms with Gasteiger partial charge in [0.05, 0.1) is 0 Å². The van der Waals surface area contributed by atoms with Gasteiger partial charge in [-0.05, 0) is 0 Å². The first-order valence-corrected chi connectivity index (χ1v) is 20.5. The van der Waals surface area contributed by atoms with E-state index in [0.717, 1.165) is 25.7 Å². The van der Waals surface area contributed by atoms with Crippen molar-refractivity contribution >= 4 is 69.7 Å². The van der Waals surface area contributed by atoms with Gasteiger partial charge in [-0.15, -0.1) is 0 Å². The van der Waals surface area contributed by atoms with E-state index in [2.05, 4.69) is 163 Å². The van der Waals surface area contributed by atoms with Crippen molar-refractivity contribution in [3.63, 3.8) is 0 Å². The summed E-state index contributed by atoms with van der Waals surface area (Å²) in [6.45, 7) is 5.04. The number of anilines is 4. The van der Waals surface area contributed by atoms with Gasteiger partial charge >= 0.3 is 310 Å². The molecule has 4 aliphatic rings. The average molecular weight is 724 g/mol. The maximum atomic E-state index is 2.62. The SMILES string of the molecule is CCC1(CC)c2ccc(-c3ccccc3)cc2B2c3ccc(N4C5=C(CCCC5)N(c5ccccc5)c5ccccc54)cc3[Se]c3cccc1c32. The second-order valence-electron chi connectivity index (χ2n) is 14.5. The van der Waals surface area contributed by atoms with E-state index in [4.69, 9.17) is 0 Å². The van der Waals surface area contributed by atoms with Crippen molar-refractivity contribution in [1.29, 1.82) is 0 Å². The van der Waals surface area contributed by atoms with Crippen LogP contribution in [0.5, 0.6) is 0 Å². The van der Waals surface area contributed by atoms with Gasteiger partial charge in [-0.1, -0.05) is 0 Å². The number of rotatable bonds is 5. The quantitative estimate of drug-likeness (QED) is 0.165. The molecule has 0 atom stereocenters. The second kappa shape index (κ2) is 12.2. The number of hydrogen-bond donors (Lipinski definition) is 0. The van der Waals surface area contributed by atoms with Gasteiger partial charge in [0, 0.05) is 0 Å². The molecular weight excluding hydrogens is 682 g/mol. The van der Waals surface area contributed by atoms with Gasteiger partial charge in [-0.2, -0.15) is 0 Å². The first-order chi connectivity index (χ1) is 25.2. The molecule has 248 valence electrons. The molecule has 0 aromatic heterocycles. The Morgan fingerprint density at radius 2 is 1.22 bits per heavy atom. The molecule has 0 spiro atoms. The minimum absolute atomic E-state index is 0.0336. The minimum atomic E-state index is 0.0336. The summed E-state index contributed by atoms with van der Waals surface area (Å²) in [4.78, 5) is 5.16. The molecule has 3 heterocycles. The monoisotopic (exact) mass is 724 g/mol. The zero-order valence-electron chi connectivity index (χ0n) is 29.4. The molecule has 0 saturated carbocycles. The van der Waals surface area contributed by atoms with Gasteiger partial charge in [0.15, 0.2) is 0 Å². The fourth-order valence-electron chi connectivity index (χ4n) is 9.79. The molecule has 51 heavy (non-hydrogen) atoms. The van der Waals surface area contributed by atoms with E-state index >= 15 is 0 Å². The van der Waals surface area contributed by atoms with Crippen molar-refractivity contribution in [3.8, 4) is 11.1 Å². The zero-order valence-corrected chi connectivity index (χ0v) is 31.1. The van der Waals surface area contributed by atoms with Crippen LogP contribution >= 0.6 is 0 Å². The molecule has 2 nitrogen and oxygen atoms in total. The van der Waals surface area contributed by atoms with Gasteiger partial charge in [-0.3, -0.25) is 0 Å². The van der Waals surface area contributed by atoms with Crippen LogP contribution in [0.3, 0.4) is 0 Å². The summed E-state index contributed by atoms with van der Waals surface area (Å²) in [5.41, 5.74) is 18.3. The fourth-order valence-corrected chi connectivity index (χ4v) is 12.3. The summed E-state index contributed by atoms with van der Waals surface area (Å²) in [7, 11) is 0. The van der Waals surface area contributed by atoms with Gasteiger partial charge in [-0.25, -0.2) is 0 Å². The summed E-state index contributed by atoms with van der Waals surface area (Å²) >= 11 is 0.212. The summed E-state index contributed by atoms with van der Waals surface area (Å²) in [6, 6.07) is 53.1. The van der Waals surface area contributed by atoms with Gasteiger partial charge in [0.25, 0.3) is 0 Å². The summed E-state index contributed by atoms with van der Waals surface area (Å²) < 4.78 is 3.08. The standard InChI is InChI=1S/C47H41BN2Se/c1-3-47(4-2)36-28-26-33(32-16-7-5-8-17-32)30-39(36)48-38-29-27-35(31-45(38)51-44-25-15-20-37(47)46(44)48)50-42-23-13-11-21-40(42)49(34-18-9-6-10-19-34)41-22-12-14-24-43(41)50/h5-11,13,15-21,23,25-31H,3-4,12,14,22,24H2,1-2H3. The van der Waals surface area contributed by atoms with Crippen molar-refractivity contribution in [2.75, 3.05) is 9.80 Å². The van der Waals surface area contributed by atoms with E-state index in [1.54, 1.807) is 15.5 Å². The Morgan fingerprint density at radius 3 is 1.92 bits per heavy atom. The second-order valence-corrected chi connectivity index (χ2v) is 16.8. The Morgan fingerprint density at radius 1 is 0.549 bits per heavy atom. The van der Waals surface area contributed by atoms with Crippen LogP contribution in [0, 0.1) is 0 Å². The number of para-hydroxylation sites is 3. The molecular formula is C47H41BN2Se. The topological polar surface area (TPSA) is 6.48 Å². The van der Waals surface area contributed by atoms with Crippen molar-refractivity contribution in [2.45, 2.75) is 57.8 Å². The third-order valence-corrected chi connectivity index (χ3v) is 14.6. The van der Waals surface area contributed by atoms with Crippen molar-refractivity contribution in [2.24, 2.45) is 0 Å². The van der Waals surface area contributed by atoms with Crippen molar-refractivity contribution in [3.05, 3.63) is 162 Å². The number of benzene rings is 6. The van der Waals surface area contributed by atoms with Crippen molar-refractivity contribution < 1.29 is 0 Å². The molecule has 4 heteroatoms. The number of fused-ring (bicyclic) bond motifs is 5. The normalized spacial score (nSPS) is 16.5. The third kappa shape index (κ3) is 4.63. The molecule has 3 aliphatic heterocycles. The summed E-state index contributed by atoms with van der Waals surface area (Å²) in [5, 5.41) is 0. The average Bonchev–Trinajstić information content (AvgIpc) is 3.20. The van der Waals surface area contributed by atoms with Crippen LogP contribution in [0.2, 0.25) is 0 Å². The number of allylic oxidation sites excluding steroid dienone is 2. The molecule has 0 bridgehead atoms. The molecule has 0 N–H and O–H groups in total. The van der Waals surface area contributed by atoms with Crippen LogP contribution in [0.15, 0.2) is 151 Å². The molecule has 0 radical (unpaired) electrons. The van der Waals surface area contributed by atoms with Crippen LogP contribution in [-0.2, 0) is 5.41 Å². The van der Waals surface area contributed by atoms with Crippen LogP contribution < -0.4 is 35.1 Å². The maximum absolute atomic E-state index is 2.62. The Hall–Kier alpha value is -4.76. The number of nitrogens with zero attached hydrogens (tertiary/aromatic N) is 2. The summed E-state index contributed by atoms with van der Waals surface area (Å²) in [6.07, 6.45) is 6.86. The van der Waals surface area contributed by atoms with E-state index in [1.807, 2.05) is 0 Å². The van der Waals surface area contributed by atoms with Crippen LogP contribution in [0.4, 0.5) is 22.7 Å². The number of hydrogen-bond acceptors (Lipinski definition) is 2. The Bertz CT molecular complexity index is 2340. The van der Waals surface area contributed by atoms with Gasteiger partial charge in [0.1, 0.15) is 0 Å². The first kappa shape index (κ1) is 31.0. The molecule has 0 amide bonds. The predicted octanol–water partition coefficient (Wildman–Crippen LogP) is 8.33. The van der Waals surface area contributed by atoms with Gasteiger partial charge < -0.3 is 0 Å². The first-order valence-electron chi connectivity index (χ1n) is 18.8. The van der Waals surface area contributed by atoms with Crippen LogP contribution in [0.1, 0.15) is 63.5 Å². The van der Waals surface area contributed by atoms with E-state index in [0.29, 0.717) is 0 Å². The summed E-state index contributed by atoms with van der Waals surface area (Å²) in [5.74, 6) is 0. The predicted molar refractivity (Wildman–Crippen MR) is 218 cm³/mol. The third-order valence-electron chi connectivity index (χ3n) is 12.2. The fraction of sp³-hybridized carbons (Fsp3) is 0.191. The van der Waals surface area contributed by atoms with E-state index in [1.165, 1.54) is 79.1 Å². The Kier molecular flexibility index (Phi) is 7.41. The molecule has 1 aliphatic carbocycles. The van der Waals surface area contributed by atoms with Gasteiger partial charge in [0.2, 0.25) is 0 Å². The molecule has 0 fully saturated rings. The van der Waals surface area contributed by atoms with Crippen LogP contribution in [0.25, 0.3) is 11.1 Å². The molecule has 0 unspecified atom stereocenters. The molecule has 0 saturated heterocycles. The van der Waals surface area contributed by atoms with E-state index in [9.17, 15) is 0 Å². The van der Waals surface area contributed by atoms with E-state index < -0.39 is 0 Å². The zero-order chi connectivity index (χ0) is 34.1. The Balaban J connectivity index is 1.16. The Labute approximate surface area is 309 Å². The molecule has 10 rings (SSSR count). The molecule has 6 aromatic rings. The van der Waals surface area contributed by atoms with Crippen molar-refractivity contribution in [1.82, 2.24) is 0 Å².